The molecule has 2 fully saturated rings. The lowest BCUT2D eigenvalue weighted by Crippen LogP contribution is -2.44. The van der Waals surface area contributed by atoms with Gasteiger partial charge in [0.15, 0.2) is 0 Å². The Morgan fingerprint density at radius 1 is 1.00 bits per heavy atom. The molecule has 0 radical (unpaired) electrons. The zero-order chi connectivity index (χ0) is 21.8. The van der Waals surface area contributed by atoms with Crippen molar-refractivity contribution < 1.29 is 17.9 Å². The number of methoxy groups -OCH3 is 1. The Hall–Kier alpha value is -2.58. The maximum absolute atomic E-state index is 12.8. The quantitative estimate of drug-likeness (QED) is 0.743. The molecule has 4 rings (SSSR count). The Labute approximate surface area is 184 Å². The van der Waals surface area contributed by atoms with E-state index in [0.717, 1.165) is 50.2 Å². The lowest BCUT2D eigenvalue weighted by Gasteiger charge is -2.34. The van der Waals surface area contributed by atoms with Crippen molar-refractivity contribution in [3.8, 4) is 5.75 Å². The number of nitrogens with one attached hydrogen (secondary N) is 1. The maximum atomic E-state index is 12.8. The maximum Gasteiger partial charge on any atom is 0.251 e. The van der Waals surface area contributed by atoms with Gasteiger partial charge in [0.25, 0.3) is 5.91 Å². The third-order valence-corrected chi connectivity index (χ3v) is 7.96. The van der Waals surface area contributed by atoms with E-state index in [1.165, 1.54) is 10.4 Å². The number of sulfonamides is 1. The Kier molecular flexibility index (Phi) is 6.48. The van der Waals surface area contributed by atoms with E-state index < -0.39 is 10.0 Å². The lowest BCUT2D eigenvalue weighted by molar-refractivity contribution is 0.0931. The summed E-state index contributed by atoms with van der Waals surface area (Å²) in [5.41, 5.74) is 1.53. The number of hydrogen-bond donors (Lipinski definition) is 1. The van der Waals surface area contributed by atoms with E-state index in [1.807, 2.05) is 24.3 Å². The van der Waals surface area contributed by atoms with Gasteiger partial charge in [0.05, 0.1) is 12.0 Å². The molecule has 31 heavy (non-hydrogen) atoms. The highest BCUT2D eigenvalue weighted by molar-refractivity contribution is 7.89. The number of anilines is 1. The number of carbonyl (C=O) groups excluding carboxylic acids is 1. The molecule has 1 amide bonds. The fourth-order valence-electron chi connectivity index (χ4n) is 4.22. The molecule has 2 saturated heterocycles. The minimum Gasteiger partial charge on any atom is -0.497 e. The third kappa shape index (κ3) is 4.85. The zero-order valence-electron chi connectivity index (χ0n) is 17.8. The van der Waals surface area contributed by atoms with Crippen LogP contribution in [-0.4, -0.2) is 58.0 Å². The summed E-state index contributed by atoms with van der Waals surface area (Å²) >= 11 is 0. The number of carbonyl (C=O) groups is 1. The molecule has 0 atom stereocenters. The molecule has 2 aliphatic heterocycles. The van der Waals surface area contributed by atoms with E-state index in [1.54, 1.807) is 25.3 Å². The summed E-state index contributed by atoms with van der Waals surface area (Å²) in [5, 5.41) is 3.08. The van der Waals surface area contributed by atoms with Crippen LogP contribution in [0.5, 0.6) is 5.75 Å². The molecular formula is C23H29N3O4S. The molecule has 1 N–H and O–H groups in total. The van der Waals surface area contributed by atoms with Gasteiger partial charge in [-0.2, -0.15) is 4.31 Å². The summed E-state index contributed by atoms with van der Waals surface area (Å²) in [6, 6.07) is 14.4. The number of ether oxygens (including phenoxy) is 1. The van der Waals surface area contributed by atoms with Crippen LogP contribution in [0.25, 0.3) is 0 Å². The number of piperidine rings is 1. The van der Waals surface area contributed by atoms with Crippen molar-refractivity contribution in [2.45, 2.75) is 36.6 Å². The van der Waals surface area contributed by atoms with Gasteiger partial charge in [-0.3, -0.25) is 4.79 Å². The van der Waals surface area contributed by atoms with Crippen LogP contribution in [0.1, 0.15) is 36.0 Å². The first-order valence-electron chi connectivity index (χ1n) is 10.8. The molecule has 0 aliphatic carbocycles. The average Bonchev–Trinajstić information content (AvgIpc) is 3.36. The summed E-state index contributed by atoms with van der Waals surface area (Å²) in [6.45, 7) is 2.79. The van der Waals surface area contributed by atoms with E-state index in [9.17, 15) is 13.2 Å². The molecule has 0 unspecified atom stereocenters. The standard InChI is InChI=1S/C23H29N3O4S/c1-30-21-9-7-20(8-10-21)25-15-11-19(12-16-25)24-23(27)18-5-4-6-22(17-18)31(28,29)26-13-2-3-14-26/h4-10,17,19H,2-3,11-16H2,1H3,(H,24,27). The van der Waals surface area contributed by atoms with Gasteiger partial charge >= 0.3 is 0 Å². The Morgan fingerprint density at radius 2 is 1.68 bits per heavy atom. The number of nitrogens with zero attached hydrogens (tertiary/aromatic N) is 2. The smallest absolute Gasteiger partial charge is 0.251 e. The largest absolute Gasteiger partial charge is 0.497 e. The van der Waals surface area contributed by atoms with Gasteiger partial charge in [0, 0.05) is 43.5 Å². The number of amides is 1. The van der Waals surface area contributed by atoms with Crippen LogP contribution in [0.3, 0.4) is 0 Å². The van der Waals surface area contributed by atoms with Crippen molar-refractivity contribution in [1.82, 2.24) is 9.62 Å². The summed E-state index contributed by atoms with van der Waals surface area (Å²) in [7, 11) is -1.88. The first-order valence-corrected chi connectivity index (χ1v) is 12.2. The highest BCUT2D eigenvalue weighted by Gasteiger charge is 2.28. The van der Waals surface area contributed by atoms with Gasteiger partial charge in [0.1, 0.15) is 5.75 Å². The highest BCUT2D eigenvalue weighted by atomic mass is 32.2. The minimum absolute atomic E-state index is 0.0702. The van der Waals surface area contributed by atoms with Gasteiger partial charge in [-0.25, -0.2) is 8.42 Å². The number of benzene rings is 2. The number of rotatable bonds is 6. The van der Waals surface area contributed by atoms with E-state index in [2.05, 4.69) is 10.2 Å². The predicted molar refractivity (Wildman–Crippen MR) is 120 cm³/mol. The van der Waals surface area contributed by atoms with Crippen molar-refractivity contribution in [3.63, 3.8) is 0 Å². The highest BCUT2D eigenvalue weighted by Crippen LogP contribution is 2.24. The molecule has 0 spiro atoms. The molecule has 7 nitrogen and oxygen atoms in total. The summed E-state index contributed by atoms with van der Waals surface area (Å²) < 4.78 is 32.3. The Balaban J connectivity index is 1.36. The molecule has 166 valence electrons. The molecule has 8 heteroatoms. The second-order valence-corrected chi connectivity index (χ2v) is 10.0. The monoisotopic (exact) mass is 443 g/mol. The van der Waals surface area contributed by atoms with Crippen molar-refractivity contribution >= 4 is 21.6 Å². The second-order valence-electron chi connectivity index (χ2n) is 8.07. The van der Waals surface area contributed by atoms with Crippen LogP contribution in [0.15, 0.2) is 53.4 Å². The van der Waals surface area contributed by atoms with Gasteiger partial charge in [-0.1, -0.05) is 6.07 Å². The van der Waals surface area contributed by atoms with E-state index in [-0.39, 0.29) is 16.8 Å². The molecule has 2 heterocycles. The summed E-state index contributed by atoms with van der Waals surface area (Å²) in [6.07, 6.45) is 3.44. The van der Waals surface area contributed by atoms with Gasteiger partial charge < -0.3 is 15.0 Å². The summed E-state index contributed by atoms with van der Waals surface area (Å²) in [5.74, 6) is 0.612. The minimum atomic E-state index is -3.53. The van der Waals surface area contributed by atoms with Crippen LogP contribution >= 0.6 is 0 Å². The summed E-state index contributed by atoms with van der Waals surface area (Å²) in [4.78, 5) is 15.3. The molecule has 0 saturated carbocycles. The first kappa shape index (κ1) is 21.6. The van der Waals surface area contributed by atoms with Crippen molar-refractivity contribution in [2.75, 3.05) is 38.2 Å². The normalized spacial score (nSPS) is 18.2. The average molecular weight is 444 g/mol. The predicted octanol–water partition coefficient (Wildman–Crippen LogP) is 2.88. The fourth-order valence-corrected chi connectivity index (χ4v) is 5.78. The van der Waals surface area contributed by atoms with Gasteiger partial charge in [-0.05, 0) is 68.1 Å². The molecule has 0 bridgehead atoms. The van der Waals surface area contributed by atoms with Crippen LogP contribution in [-0.2, 0) is 10.0 Å². The second kappa shape index (κ2) is 9.28. The number of hydrogen-bond acceptors (Lipinski definition) is 5. The van der Waals surface area contributed by atoms with Crippen molar-refractivity contribution in [2.24, 2.45) is 0 Å². The van der Waals surface area contributed by atoms with Crippen LogP contribution < -0.4 is 15.0 Å². The van der Waals surface area contributed by atoms with Crippen molar-refractivity contribution in [1.29, 1.82) is 0 Å². The fraction of sp³-hybridized carbons (Fsp3) is 0.435. The zero-order valence-corrected chi connectivity index (χ0v) is 18.6. The molecule has 2 aromatic rings. The lowest BCUT2D eigenvalue weighted by atomic mass is 10.0. The van der Waals surface area contributed by atoms with Crippen molar-refractivity contribution in [3.05, 3.63) is 54.1 Å². The van der Waals surface area contributed by atoms with Crippen LogP contribution in [0.4, 0.5) is 5.69 Å². The molecular weight excluding hydrogens is 414 g/mol. The molecule has 2 aliphatic rings. The Morgan fingerprint density at radius 3 is 2.32 bits per heavy atom. The third-order valence-electron chi connectivity index (χ3n) is 6.07. The topological polar surface area (TPSA) is 79.0 Å². The van der Waals surface area contributed by atoms with Gasteiger partial charge in [0.2, 0.25) is 10.0 Å². The molecule has 0 aromatic heterocycles. The van der Waals surface area contributed by atoms with Gasteiger partial charge in [-0.15, -0.1) is 0 Å². The Bertz CT molecular complexity index is 1010. The van der Waals surface area contributed by atoms with E-state index in [4.69, 9.17) is 4.74 Å². The van der Waals surface area contributed by atoms with Crippen LogP contribution in [0.2, 0.25) is 0 Å². The first-order chi connectivity index (χ1) is 15.0. The molecule has 2 aromatic carbocycles. The van der Waals surface area contributed by atoms with E-state index >= 15 is 0 Å². The van der Waals surface area contributed by atoms with E-state index in [0.29, 0.717) is 18.7 Å². The van der Waals surface area contributed by atoms with Crippen LogP contribution in [0, 0.1) is 0 Å². The SMILES string of the molecule is COc1ccc(N2CCC(NC(=O)c3cccc(S(=O)(=O)N4CCCC4)c3)CC2)cc1.